The molecule has 0 unspecified atom stereocenters. The van der Waals surface area contributed by atoms with Crippen molar-refractivity contribution in [3.05, 3.63) is 48.0 Å². The fraction of sp³-hybridized carbons (Fsp3) is 0.176. The molecule has 6 heteroatoms. The molecule has 1 aliphatic heterocycles. The van der Waals surface area contributed by atoms with Gasteiger partial charge in [-0.05, 0) is 36.4 Å². The first kappa shape index (κ1) is 14.9. The van der Waals surface area contributed by atoms with Crippen molar-refractivity contribution in [1.82, 2.24) is 0 Å². The van der Waals surface area contributed by atoms with Gasteiger partial charge in [0.2, 0.25) is 5.91 Å². The lowest BCUT2D eigenvalue weighted by Gasteiger charge is -2.11. The SMILES string of the molecule is COc1cccc(C(=O)Nc2ccc3c(c2)NC(=O)CCO3)c1. The molecular weight excluding hydrogens is 296 g/mol. The molecule has 118 valence electrons. The highest BCUT2D eigenvalue weighted by Gasteiger charge is 2.15. The van der Waals surface area contributed by atoms with Gasteiger partial charge in [-0.25, -0.2) is 0 Å². The first-order valence-corrected chi connectivity index (χ1v) is 7.18. The zero-order chi connectivity index (χ0) is 16.2. The van der Waals surface area contributed by atoms with E-state index in [-0.39, 0.29) is 11.8 Å². The van der Waals surface area contributed by atoms with E-state index in [1.54, 1.807) is 49.6 Å². The molecule has 0 bridgehead atoms. The molecule has 1 aliphatic rings. The molecule has 2 amide bonds. The maximum atomic E-state index is 12.3. The third kappa shape index (κ3) is 3.42. The van der Waals surface area contributed by atoms with Gasteiger partial charge >= 0.3 is 0 Å². The van der Waals surface area contributed by atoms with Crippen LogP contribution in [-0.4, -0.2) is 25.5 Å². The van der Waals surface area contributed by atoms with Gasteiger partial charge in [0, 0.05) is 11.3 Å². The van der Waals surface area contributed by atoms with Crippen LogP contribution in [0, 0.1) is 0 Å². The molecule has 0 fully saturated rings. The number of benzene rings is 2. The first-order chi connectivity index (χ1) is 11.2. The predicted molar refractivity (Wildman–Crippen MR) is 86.1 cm³/mol. The smallest absolute Gasteiger partial charge is 0.255 e. The molecule has 1 heterocycles. The first-order valence-electron chi connectivity index (χ1n) is 7.18. The number of nitrogens with one attached hydrogen (secondary N) is 2. The van der Waals surface area contributed by atoms with Gasteiger partial charge in [-0.3, -0.25) is 9.59 Å². The van der Waals surface area contributed by atoms with E-state index in [0.717, 1.165) is 0 Å². The summed E-state index contributed by atoms with van der Waals surface area (Å²) in [5, 5.41) is 5.55. The molecule has 0 aromatic heterocycles. The van der Waals surface area contributed by atoms with Crippen molar-refractivity contribution < 1.29 is 19.1 Å². The Balaban J connectivity index is 1.80. The highest BCUT2D eigenvalue weighted by Crippen LogP contribution is 2.30. The summed E-state index contributed by atoms with van der Waals surface area (Å²) >= 11 is 0. The Kier molecular flexibility index (Phi) is 4.14. The number of hydrogen-bond acceptors (Lipinski definition) is 4. The van der Waals surface area contributed by atoms with Crippen molar-refractivity contribution >= 4 is 23.2 Å². The lowest BCUT2D eigenvalue weighted by atomic mass is 10.2. The van der Waals surface area contributed by atoms with Gasteiger partial charge in [0.05, 0.1) is 25.8 Å². The zero-order valence-electron chi connectivity index (χ0n) is 12.6. The second-order valence-electron chi connectivity index (χ2n) is 5.04. The Morgan fingerprint density at radius 3 is 2.96 bits per heavy atom. The van der Waals surface area contributed by atoms with Crippen LogP contribution in [-0.2, 0) is 4.79 Å². The van der Waals surface area contributed by atoms with E-state index in [2.05, 4.69) is 10.6 Å². The summed E-state index contributed by atoms with van der Waals surface area (Å²) < 4.78 is 10.6. The number of methoxy groups -OCH3 is 1. The molecule has 0 saturated heterocycles. The largest absolute Gasteiger partial charge is 0.497 e. The Hall–Kier alpha value is -3.02. The van der Waals surface area contributed by atoms with Crippen LogP contribution in [0.3, 0.4) is 0 Å². The van der Waals surface area contributed by atoms with Crippen molar-refractivity contribution in [3.63, 3.8) is 0 Å². The Morgan fingerprint density at radius 2 is 2.13 bits per heavy atom. The highest BCUT2D eigenvalue weighted by molar-refractivity contribution is 6.05. The van der Waals surface area contributed by atoms with Gasteiger partial charge in [-0.1, -0.05) is 6.07 Å². The Morgan fingerprint density at radius 1 is 1.26 bits per heavy atom. The normalized spacial score (nSPS) is 13.2. The maximum Gasteiger partial charge on any atom is 0.255 e. The van der Waals surface area contributed by atoms with Crippen molar-refractivity contribution in [1.29, 1.82) is 0 Å². The number of anilines is 2. The Bertz CT molecular complexity index is 758. The number of fused-ring (bicyclic) bond motifs is 1. The maximum absolute atomic E-state index is 12.3. The van der Waals surface area contributed by atoms with E-state index in [4.69, 9.17) is 9.47 Å². The van der Waals surface area contributed by atoms with Gasteiger partial charge in [0.15, 0.2) is 0 Å². The minimum atomic E-state index is -0.260. The molecule has 2 aromatic carbocycles. The minimum absolute atomic E-state index is 0.111. The monoisotopic (exact) mass is 312 g/mol. The minimum Gasteiger partial charge on any atom is -0.497 e. The topological polar surface area (TPSA) is 76.7 Å². The summed E-state index contributed by atoms with van der Waals surface area (Å²) in [6.07, 6.45) is 0.306. The van der Waals surface area contributed by atoms with Gasteiger partial charge in [-0.15, -0.1) is 0 Å². The van der Waals surface area contributed by atoms with Gasteiger partial charge in [0.1, 0.15) is 11.5 Å². The van der Waals surface area contributed by atoms with Crippen LogP contribution in [0.2, 0.25) is 0 Å². The van der Waals surface area contributed by atoms with E-state index in [9.17, 15) is 9.59 Å². The van der Waals surface area contributed by atoms with Crippen LogP contribution < -0.4 is 20.1 Å². The van der Waals surface area contributed by atoms with E-state index in [1.165, 1.54) is 0 Å². The van der Waals surface area contributed by atoms with Crippen molar-refractivity contribution in [3.8, 4) is 11.5 Å². The van der Waals surface area contributed by atoms with Gasteiger partial charge in [0.25, 0.3) is 5.91 Å². The second kappa shape index (κ2) is 6.39. The summed E-state index contributed by atoms with van der Waals surface area (Å²) in [6, 6.07) is 12.0. The van der Waals surface area contributed by atoms with Crippen LogP contribution in [0.25, 0.3) is 0 Å². The van der Waals surface area contributed by atoms with Gasteiger partial charge < -0.3 is 20.1 Å². The number of rotatable bonds is 3. The van der Waals surface area contributed by atoms with E-state index in [0.29, 0.717) is 41.5 Å². The van der Waals surface area contributed by atoms with Crippen molar-refractivity contribution in [2.24, 2.45) is 0 Å². The van der Waals surface area contributed by atoms with Crippen LogP contribution in [0.15, 0.2) is 42.5 Å². The molecular formula is C17H16N2O4. The number of hydrogen-bond donors (Lipinski definition) is 2. The number of ether oxygens (including phenoxy) is 2. The summed E-state index contributed by atoms with van der Waals surface area (Å²) in [6.45, 7) is 0.342. The molecule has 6 nitrogen and oxygen atoms in total. The van der Waals surface area contributed by atoms with Crippen molar-refractivity contribution in [2.75, 3.05) is 24.4 Å². The van der Waals surface area contributed by atoms with Crippen molar-refractivity contribution in [2.45, 2.75) is 6.42 Å². The standard InChI is InChI=1S/C17H16N2O4/c1-22-13-4-2-3-11(9-13)17(21)18-12-5-6-15-14(10-12)19-16(20)7-8-23-15/h2-6,9-10H,7-8H2,1H3,(H,18,21)(H,19,20). The van der Waals surface area contributed by atoms with Crippen LogP contribution in [0.5, 0.6) is 11.5 Å². The molecule has 2 aromatic rings. The third-order valence-corrected chi connectivity index (χ3v) is 3.43. The Labute approximate surface area is 133 Å². The quantitative estimate of drug-likeness (QED) is 0.913. The van der Waals surface area contributed by atoms with E-state index in [1.807, 2.05) is 0 Å². The van der Waals surface area contributed by atoms with E-state index >= 15 is 0 Å². The van der Waals surface area contributed by atoms with Crippen LogP contribution in [0.1, 0.15) is 16.8 Å². The average molecular weight is 312 g/mol. The average Bonchev–Trinajstić information content (AvgIpc) is 2.75. The molecule has 0 spiro atoms. The van der Waals surface area contributed by atoms with Gasteiger partial charge in [-0.2, -0.15) is 0 Å². The summed E-state index contributed by atoms with van der Waals surface area (Å²) in [7, 11) is 1.55. The highest BCUT2D eigenvalue weighted by atomic mass is 16.5. The third-order valence-electron chi connectivity index (χ3n) is 3.43. The zero-order valence-corrected chi connectivity index (χ0v) is 12.6. The molecule has 0 atom stereocenters. The fourth-order valence-electron chi connectivity index (χ4n) is 2.27. The fourth-order valence-corrected chi connectivity index (χ4v) is 2.27. The van der Waals surface area contributed by atoms with Crippen LogP contribution >= 0.6 is 0 Å². The summed E-state index contributed by atoms with van der Waals surface area (Å²) in [5.74, 6) is 0.834. The molecule has 2 N–H and O–H groups in total. The summed E-state index contributed by atoms with van der Waals surface area (Å²) in [5.41, 5.74) is 1.61. The summed E-state index contributed by atoms with van der Waals surface area (Å²) in [4.78, 5) is 23.9. The lowest BCUT2D eigenvalue weighted by Crippen LogP contribution is -2.13. The number of amides is 2. The van der Waals surface area contributed by atoms with Crippen LogP contribution in [0.4, 0.5) is 11.4 Å². The molecule has 0 aliphatic carbocycles. The number of carbonyl (C=O) groups is 2. The predicted octanol–water partition coefficient (Wildman–Crippen LogP) is 2.67. The second-order valence-corrected chi connectivity index (χ2v) is 5.04. The molecule has 0 saturated carbocycles. The molecule has 23 heavy (non-hydrogen) atoms. The number of carbonyl (C=O) groups excluding carboxylic acids is 2. The molecule has 0 radical (unpaired) electrons. The lowest BCUT2D eigenvalue weighted by molar-refractivity contribution is -0.116. The molecule has 3 rings (SSSR count). The van der Waals surface area contributed by atoms with E-state index < -0.39 is 0 Å².